The summed E-state index contributed by atoms with van der Waals surface area (Å²) in [5, 5.41) is 8.76. The van der Waals surface area contributed by atoms with Crippen molar-refractivity contribution in [3.8, 4) is 17.9 Å². The Hall–Kier alpha value is -3.66. The normalized spacial score (nSPS) is 20.9. The summed E-state index contributed by atoms with van der Waals surface area (Å²) in [6.45, 7) is -1.46. The lowest BCUT2D eigenvalue weighted by Gasteiger charge is -2.38. The Balaban J connectivity index is 1.99. The molecule has 0 aliphatic carbocycles. The molecule has 2 atom stereocenters. The van der Waals surface area contributed by atoms with Crippen LogP contribution in [-0.2, 0) is 10.3 Å². The number of pyridine rings is 1. The predicted octanol–water partition coefficient (Wildman–Crippen LogP) is 3.32. The van der Waals surface area contributed by atoms with Crippen molar-refractivity contribution in [2.75, 3.05) is 6.67 Å². The van der Waals surface area contributed by atoms with Gasteiger partial charge in [0, 0.05) is 23.7 Å². The molecule has 0 saturated carbocycles. The van der Waals surface area contributed by atoms with Gasteiger partial charge >= 0.3 is 6.18 Å². The van der Waals surface area contributed by atoms with Crippen LogP contribution in [0.25, 0.3) is 0 Å². The zero-order valence-electron chi connectivity index (χ0n) is 15.2. The van der Waals surface area contributed by atoms with Crippen LogP contribution in [0.5, 0.6) is 0 Å². The van der Waals surface area contributed by atoms with Gasteiger partial charge in [0.05, 0.1) is 5.56 Å². The fraction of sp³-hybridized carbons (Fsp3) is 0.250. The Kier molecular flexibility index (Phi) is 5.61. The molecule has 2 heterocycles. The molecule has 0 amide bonds. The average molecular weight is 420 g/mol. The molecule has 0 bridgehead atoms. The summed E-state index contributed by atoms with van der Waals surface area (Å²) < 4.78 is 73.0. The first-order chi connectivity index (χ1) is 14.2. The molecule has 0 radical (unpaired) electrons. The number of ether oxygens (including phenoxy) is 1. The van der Waals surface area contributed by atoms with Gasteiger partial charge in [0.2, 0.25) is 0 Å². The van der Waals surface area contributed by atoms with Crippen LogP contribution < -0.4 is 5.73 Å². The maximum atomic E-state index is 14.5. The second-order valence-electron chi connectivity index (χ2n) is 6.45. The Labute approximate surface area is 168 Å². The Morgan fingerprint density at radius 2 is 1.93 bits per heavy atom. The topological polar surface area (TPSA) is 84.3 Å². The first kappa shape index (κ1) is 21.1. The van der Waals surface area contributed by atoms with E-state index in [1.807, 2.05) is 6.07 Å². The average Bonchev–Trinajstić information content (AvgIpc) is 2.72. The monoisotopic (exact) mass is 420 g/mol. The van der Waals surface area contributed by atoms with Crippen molar-refractivity contribution in [1.29, 1.82) is 5.26 Å². The van der Waals surface area contributed by atoms with Crippen molar-refractivity contribution >= 4 is 6.02 Å². The molecule has 10 heteroatoms. The van der Waals surface area contributed by atoms with Crippen LogP contribution in [0.1, 0.15) is 28.8 Å². The number of halogens is 5. The largest absolute Gasteiger partial charge is 0.451 e. The number of rotatable bonds is 2. The molecule has 154 valence electrons. The van der Waals surface area contributed by atoms with E-state index < -0.39 is 48.3 Å². The lowest BCUT2D eigenvalue weighted by atomic mass is 9.86. The number of alkyl halides is 4. The number of aromatic nitrogens is 1. The molecule has 0 spiro atoms. The first-order valence-corrected chi connectivity index (χ1v) is 8.50. The molecule has 1 aliphatic heterocycles. The molecule has 0 fully saturated rings. The number of nitriles is 1. The van der Waals surface area contributed by atoms with Gasteiger partial charge in [-0.05, 0) is 36.3 Å². The zero-order valence-corrected chi connectivity index (χ0v) is 15.2. The van der Waals surface area contributed by atoms with E-state index in [1.54, 1.807) is 0 Å². The minimum absolute atomic E-state index is 0.193. The molecule has 1 aromatic heterocycles. The third-order valence-corrected chi connectivity index (χ3v) is 4.38. The summed E-state index contributed by atoms with van der Waals surface area (Å²) in [5.41, 5.74) is 3.43. The predicted molar refractivity (Wildman–Crippen MR) is 96.2 cm³/mol. The Bertz CT molecular complexity index is 1080. The van der Waals surface area contributed by atoms with E-state index in [9.17, 15) is 22.0 Å². The molecule has 1 aromatic carbocycles. The quantitative estimate of drug-likeness (QED) is 0.597. The van der Waals surface area contributed by atoms with Crippen LogP contribution in [-0.4, -0.2) is 29.9 Å². The summed E-state index contributed by atoms with van der Waals surface area (Å²) in [5.74, 6) is 4.39. The fourth-order valence-corrected chi connectivity index (χ4v) is 2.91. The van der Waals surface area contributed by atoms with Gasteiger partial charge < -0.3 is 10.5 Å². The van der Waals surface area contributed by atoms with Crippen molar-refractivity contribution in [3.05, 3.63) is 64.7 Å². The van der Waals surface area contributed by atoms with Gasteiger partial charge in [-0.1, -0.05) is 5.92 Å². The highest BCUT2D eigenvalue weighted by atomic mass is 19.4. The van der Waals surface area contributed by atoms with E-state index in [-0.39, 0.29) is 5.56 Å². The van der Waals surface area contributed by atoms with Gasteiger partial charge in [-0.3, -0.25) is 0 Å². The van der Waals surface area contributed by atoms with E-state index >= 15 is 0 Å². The van der Waals surface area contributed by atoms with Gasteiger partial charge in [-0.15, -0.1) is 0 Å². The summed E-state index contributed by atoms with van der Waals surface area (Å²) in [7, 11) is 0. The molecule has 1 aliphatic rings. The van der Waals surface area contributed by atoms with Crippen molar-refractivity contribution < 1.29 is 26.7 Å². The molecular formula is C20H13F5N4O. The number of benzene rings is 1. The number of hydrogen-bond donors (Lipinski definition) is 1. The van der Waals surface area contributed by atoms with E-state index in [0.29, 0.717) is 11.3 Å². The maximum Gasteiger partial charge on any atom is 0.411 e. The van der Waals surface area contributed by atoms with Crippen LogP contribution in [0, 0.1) is 29.0 Å². The van der Waals surface area contributed by atoms with Gasteiger partial charge in [0.25, 0.3) is 6.02 Å². The Morgan fingerprint density at radius 1 is 1.20 bits per heavy atom. The van der Waals surface area contributed by atoms with Crippen LogP contribution in [0.4, 0.5) is 22.0 Å². The van der Waals surface area contributed by atoms with Crippen LogP contribution in [0.3, 0.4) is 0 Å². The van der Waals surface area contributed by atoms with Gasteiger partial charge in [0.15, 0.2) is 11.6 Å². The Morgan fingerprint density at radius 3 is 2.53 bits per heavy atom. The van der Waals surface area contributed by atoms with E-state index in [4.69, 9.17) is 15.7 Å². The highest BCUT2D eigenvalue weighted by Gasteiger charge is 2.52. The molecule has 0 saturated heterocycles. The van der Waals surface area contributed by atoms with Crippen molar-refractivity contribution in [1.82, 2.24) is 4.98 Å². The highest BCUT2D eigenvalue weighted by Crippen LogP contribution is 2.41. The SMILES string of the molecule is N#Cc1ccc(C#Cc2ccc(F)c([C@]3(CF)C[C@@H](C(F)(F)F)N=C(N)O3)c2)nc1. The number of hydrogen-bond acceptors (Lipinski definition) is 5. The third-order valence-electron chi connectivity index (χ3n) is 4.38. The lowest BCUT2D eigenvalue weighted by Crippen LogP contribution is -2.48. The van der Waals surface area contributed by atoms with Gasteiger partial charge in [0.1, 0.15) is 24.3 Å². The van der Waals surface area contributed by atoms with Crippen molar-refractivity contribution in [3.63, 3.8) is 0 Å². The summed E-state index contributed by atoms with van der Waals surface area (Å²) in [6.07, 6.45) is -4.46. The summed E-state index contributed by atoms with van der Waals surface area (Å²) >= 11 is 0. The van der Waals surface area contributed by atoms with Crippen LogP contribution in [0.15, 0.2) is 41.5 Å². The van der Waals surface area contributed by atoms with E-state index in [2.05, 4.69) is 21.8 Å². The van der Waals surface area contributed by atoms with Crippen molar-refractivity contribution in [2.45, 2.75) is 24.2 Å². The van der Waals surface area contributed by atoms with Gasteiger partial charge in [-0.2, -0.15) is 18.4 Å². The van der Waals surface area contributed by atoms with E-state index in [1.165, 1.54) is 24.4 Å². The molecule has 0 unspecified atom stereocenters. The summed E-state index contributed by atoms with van der Waals surface area (Å²) in [6, 6.07) is 5.03. The van der Waals surface area contributed by atoms with E-state index in [0.717, 1.165) is 12.1 Å². The minimum atomic E-state index is -4.80. The number of aliphatic imine (C=N–C) groups is 1. The highest BCUT2D eigenvalue weighted by molar-refractivity contribution is 5.73. The first-order valence-electron chi connectivity index (χ1n) is 8.50. The van der Waals surface area contributed by atoms with Crippen LogP contribution in [0.2, 0.25) is 0 Å². The van der Waals surface area contributed by atoms with Gasteiger partial charge in [-0.25, -0.2) is 18.8 Å². The number of amidine groups is 1. The molecule has 3 rings (SSSR count). The summed E-state index contributed by atoms with van der Waals surface area (Å²) in [4.78, 5) is 7.12. The van der Waals surface area contributed by atoms with Crippen molar-refractivity contribution in [2.24, 2.45) is 10.7 Å². The third kappa shape index (κ3) is 4.33. The number of nitrogens with two attached hydrogens (primary N) is 1. The second kappa shape index (κ2) is 7.99. The fourth-order valence-electron chi connectivity index (χ4n) is 2.91. The van der Waals surface area contributed by atoms with Crippen LogP contribution >= 0.6 is 0 Å². The molecule has 5 nitrogen and oxygen atoms in total. The molecule has 2 aromatic rings. The minimum Gasteiger partial charge on any atom is -0.451 e. The molecular weight excluding hydrogens is 407 g/mol. The molecule has 30 heavy (non-hydrogen) atoms. The zero-order chi connectivity index (χ0) is 21.9. The lowest BCUT2D eigenvalue weighted by molar-refractivity contribution is -0.167. The standard InChI is InChI=1S/C20H13F5N4O/c21-11-19(8-17(20(23,24)25)29-18(27)30-19)15-7-12(3-6-16(15)22)1-4-14-5-2-13(9-26)10-28-14/h2-3,5-7,10,17H,8,11H2,(H2,27,29)/t17-,19+/m0/s1. The second-order valence-corrected chi connectivity index (χ2v) is 6.45. The smallest absolute Gasteiger partial charge is 0.411 e. The molecule has 2 N–H and O–H groups in total. The number of nitrogens with zero attached hydrogens (tertiary/aromatic N) is 3. The maximum absolute atomic E-state index is 14.5.